The van der Waals surface area contributed by atoms with Crippen LogP contribution in [0.1, 0.15) is 142 Å². The molecule has 11 heteroatoms. The van der Waals surface area contributed by atoms with Crippen molar-refractivity contribution in [3.63, 3.8) is 0 Å². The van der Waals surface area contributed by atoms with Gasteiger partial charge in [0.1, 0.15) is 12.2 Å². The Morgan fingerprint density at radius 2 is 0.922 bits per heavy atom. The molecule has 0 bridgehead atoms. The van der Waals surface area contributed by atoms with E-state index >= 15 is 0 Å². The highest BCUT2D eigenvalue weighted by molar-refractivity contribution is 7.47. The number of ether oxygens (including phenoxy) is 2. The molecule has 0 aromatic carbocycles. The van der Waals surface area contributed by atoms with Gasteiger partial charge in [-0.05, 0) is 38.5 Å². The monoisotopic (exact) mass is 740 g/mol. The minimum atomic E-state index is -4.66. The van der Waals surface area contributed by atoms with Crippen molar-refractivity contribution in [3.8, 4) is 0 Å². The Labute approximate surface area is 308 Å². The minimum Gasteiger partial charge on any atom is -0.457 e. The third-order valence-corrected chi connectivity index (χ3v) is 8.73. The predicted molar refractivity (Wildman–Crippen MR) is 205 cm³/mol. The second-order valence-electron chi connectivity index (χ2n) is 12.6. The van der Waals surface area contributed by atoms with E-state index in [2.05, 4.69) is 50.3 Å². The maximum absolute atomic E-state index is 12.3. The van der Waals surface area contributed by atoms with Crippen LogP contribution in [-0.4, -0.2) is 65.7 Å². The number of phosphoric ester groups is 1. The molecule has 0 saturated carbocycles. The lowest BCUT2D eigenvalue weighted by molar-refractivity contribution is -0.153. The maximum atomic E-state index is 12.3. The van der Waals surface area contributed by atoms with E-state index in [0.29, 0.717) is 12.8 Å². The quantitative estimate of drug-likeness (QED) is 0.0248. The largest absolute Gasteiger partial charge is 0.472 e. The van der Waals surface area contributed by atoms with Crippen molar-refractivity contribution in [3.05, 3.63) is 60.8 Å². The molecule has 0 heterocycles. The second-order valence-corrected chi connectivity index (χ2v) is 14.0. The molecule has 51 heavy (non-hydrogen) atoms. The first-order valence-electron chi connectivity index (χ1n) is 19.2. The van der Waals surface area contributed by atoms with Crippen LogP contribution in [0.2, 0.25) is 0 Å². The second kappa shape index (κ2) is 36.0. The summed E-state index contributed by atoms with van der Waals surface area (Å²) in [5.41, 5.74) is 0. The number of aliphatic hydroxyl groups is 2. The summed E-state index contributed by atoms with van der Waals surface area (Å²) in [5, 5.41) is 19.1. The third kappa shape index (κ3) is 34.5. The summed E-state index contributed by atoms with van der Waals surface area (Å²) in [6, 6.07) is 0. The van der Waals surface area contributed by atoms with Gasteiger partial charge in [0.2, 0.25) is 0 Å². The summed E-state index contributed by atoms with van der Waals surface area (Å²) >= 11 is 0. The lowest BCUT2D eigenvalue weighted by Crippen LogP contribution is -2.28. The lowest BCUT2D eigenvalue weighted by Gasteiger charge is -2.20. The zero-order valence-electron chi connectivity index (χ0n) is 31.5. The van der Waals surface area contributed by atoms with Crippen LogP contribution in [0.25, 0.3) is 0 Å². The van der Waals surface area contributed by atoms with Crippen molar-refractivity contribution >= 4 is 19.8 Å². The van der Waals surface area contributed by atoms with E-state index in [9.17, 15) is 29.3 Å². The number of carbonyl (C=O) groups excluding carboxylic acids is 2. The molecule has 0 amide bonds. The SMILES string of the molecule is CC/C=C\C/C=C\C/C=C\C/C=C\C/C=C\CC(=O)OC(CO)COP(=O)(O)OCC(CO)OC(=O)CCCCCCCCCCCCCCC. The van der Waals surface area contributed by atoms with Gasteiger partial charge in [0, 0.05) is 6.42 Å². The van der Waals surface area contributed by atoms with Crippen LogP contribution in [0.3, 0.4) is 0 Å². The van der Waals surface area contributed by atoms with Crippen LogP contribution < -0.4 is 0 Å². The average Bonchev–Trinajstić information content (AvgIpc) is 3.12. The Hall–Kier alpha value is -2.33. The van der Waals surface area contributed by atoms with Crippen molar-refractivity contribution < 1.29 is 47.8 Å². The fraction of sp³-hybridized carbons (Fsp3) is 0.700. The first-order chi connectivity index (χ1) is 24.8. The molecule has 0 aliphatic rings. The van der Waals surface area contributed by atoms with E-state index < -0.39 is 58.4 Å². The Kier molecular flexibility index (Phi) is 34.4. The van der Waals surface area contributed by atoms with Crippen LogP contribution in [0.15, 0.2) is 60.8 Å². The lowest BCUT2D eigenvalue weighted by atomic mass is 10.0. The van der Waals surface area contributed by atoms with E-state index in [4.69, 9.17) is 18.5 Å². The summed E-state index contributed by atoms with van der Waals surface area (Å²) in [6.07, 6.45) is 38.0. The molecule has 3 N–H and O–H groups in total. The number of hydrogen-bond acceptors (Lipinski definition) is 9. The molecule has 0 spiro atoms. The molecule has 0 aliphatic carbocycles. The summed E-state index contributed by atoms with van der Waals surface area (Å²) in [5.74, 6) is -1.15. The van der Waals surface area contributed by atoms with Gasteiger partial charge in [-0.25, -0.2) is 4.57 Å². The highest BCUT2D eigenvalue weighted by atomic mass is 31.2. The van der Waals surface area contributed by atoms with Crippen LogP contribution in [0.4, 0.5) is 0 Å². The Morgan fingerprint density at radius 3 is 1.33 bits per heavy atom. The van der Waals surface area contributed by atoms with E-state index in [0.717, 1.165) is 44.9 Å². The summed E-state index contributed by atoms with van der Waals surface area (Å²) in [4.78, 5) is 34.3. The van der Waals surface area contributed by atoms with E-state index in [1.54, 1.807) is 6.08 Å². The van der Waals surface area contributed by atoms with Crippen molar-refractivity contribution in [2.45, 2.75) is 154 Å². The van der Waals surface area contributed by atoms with E-state index in [1.807, 2.05) is 18.2 Å². The summed E-state index contributed by atoms with van der Waals surface area (Å²) in [7, 11) is -4.66. The van der Waals surface area contributed by atoms with Crippen molar-refractivity contribution in [2.24, 2.45) is 0 Å². The fourth-order valence-corrected chi connectivity index (χ4v) is 5.62. The standard InChI is InChI=1S/C40H69O10P/c1-3-5-7-9-11-13-15-17-18-20-22-24-26-28-30-32-40(44)50-38(34-42)36-48-51(45,46)47-35-37(33-41)49-39(43)31-29-27-25-23-21-19-16-14-12-10-8-6-4-2/h5,7,11,13,17-18,22,24,28,30,37-38,41-42H,3-4,6,8-10,12,14-16,19-21,23,25-27,29,31-36H2,1-2H3,(H,45,46)/b7-5-,13-11-,18-17-,24-22-,30-28-. The summed E-state index contributed by atoms with van der Waals surface area (Å²) in [6.45, 7) is 1.96. The molecular formula is C40H69O10P. The molecule has 10 nitrogen and oxygen atoms in total. The zero-order valence-corrected chi connectivity index (χ0v) is 32.4. The molecule has 0 aliphatic heterocycles. The third-order valence-electron chi connectivity index (χ3n) is 7.78. The van der Waals surface area contributed by atoms with Gasteiger partial charge in [-0.15, -0.1) is 0 Å². The van der Waals surface area contributed by atoms with Gasteiger partial charge >= 0.3 is 19.8 Å². The average molecular weight is 741 g/mol. The molecule has 0 fully saturated rings. The Morgan fingerprint density at radius 1 is 0.549 bits per heavy atom. The fourth-order valence-electron chi connectivity index (χ4n) is 4.84. The van der Waals surface area contributed by atoms with Gasteiger partial charge < -0.3 is 24.6 Å². The Bertz CT molecular complexity index is 1040. The number of phosphoric acid groups is 1. The molecule has 0 rings (SSSR count). The normalized spacial score (nSPS) is 14.7. The molecular weight excluding hydrogens is 671 g/mol. The number of rotatable bonds is 35. The van der Waals surface area contributed by atoms with Crippen molar-refractivity contribution in [2.75, 3.05) is 26.4 Å². The summed E-state index contributed by atoms with van der Waals surface area (Å²) < 4.78 is 32.3. The molecule has 0 radical (unpaired) electrons. The van der Waals surface area contributed by atoms with E-state index in [1.165, 1.54) is 57.8 Å². The highest BCUT2D eigenvalue weighted by Gasteiger charge is 2.27. The topological polar surface area (TPSA) is 149 Å². The minimum absolute atomic E-state index is 0.0415. The van der Waals surface area contributed by atoms with Gasteiger partial charge in [0.25, 0.3) is 0 Å². The molecule has 0 aromatic heterocycles. The first kappa shape index (κ1) is 48.7. The smallest absolute Gasteiger partial charge is 0.457 e. The van der Waals surface area contributed by atoms with Gasteiger partial charge in [0.05, 0.1) is 32.8 Å². The van der Waals surface area contributed by atoms with Crippen LogP contribution >= 0.6 is 7.82 Å². The molecule has 0 saturated heterocycles. The molecule has 294 valence electrons. The molecule has 3 unspecified atom stereocenters. The van der Waals surface area contributed by atoms with Crippen molar-refractivity contribution in [1.29, 1.82) is 0 Å². The number of aliphatic hydroxyl groups excluding tert-OH is 2. The van der Waals surface area contributed by atoms with Crippen LogP contribution in [-0.2, 0) is 32.7 Å². The number of allylic oxidation sites excluding steroid dienone is 9. The molecule has 0 aromatic rings. The van der Waals surface area contributed by atoms with Gasteiger partial charge in [-0.3, -0.25) is 18.6 Å². The van der Waals surface area contributed by atoms with Crippen LogP contribution in [0.5, 0.6) is 0 Å². The predicted octanol–water partition coefficient (Wildman–Crippen LogP) is 9.55. The number of esters is 2. The van der Waals surface area contributed by atoms with Crippen LogP contribution in [0, 0.1) is 0 Å². The van der Waals surface area contributed by atoms with E-state index in [-0.39, 0.29) is 12.8 Å². The number of hydrogen-bond donors (Lipinski definition) is 3. The van der Waals surface area contributed by atoms with Crippen molar-refractivity contribution in [1.82, 2.24) is 0 Å². The van der Waals surface area contributed by atoms with Gasteiger partial charge in [-0.1, -0.05) is 152 Å². The number of unbranched alkanes of at least 4 members (excludes halogenated alkanes) is 12. The highest BCUT2D eigenvalue weighted by Crippen LogP contribution is 2.43. The van der Waals surface area contributed by atoms with Gasteiger partial charge in [0.15, 0.2) is 0 Å². The first-order valence-corrected chi connectivity index (χ1v) is 20.7. The number of carbonyl (C=O) groups is 2. The molecule has 3 atom stereocenters. The Balaban J connectivity index is 4.10. The zero-order chi connectivity index (χ0) is 37.7. The van der Waals surface area contributed by atoms with Gasteiger partial charge in [-0.2, -0.15) is 0 Å². The maximum Gasteiger partial charge on any atom is 0.472 e.